The predicted octanol–water partition coefficient (Wildman–Crippen LogP) is 2.25. The molecule has 74 valence electrons. The van der Waals surface area contributed by atoms with Crippen molar-refractivity contribution in [2.45, 2.75) is 19.5 Å². The van der Waals surface area contributed by atoms with E-state index in [9.17, 15) is 0 Å². The molecule has 2 aromatic rings. The summed E-state index contributed by atoms with van der Waals surface area (Å²) < 4.78 is 2.20. The Hall–Kier alpha value is -1.06. The predicted molar refractivity (Wildman–Crippen MR) is 60.3 cm³/mol. The van der Waals surface area contributed by atoms with Crippen LogP contribution in [0.15, 0.2) is 36.0 Å². The summed E-state index contributed by atoms with van der Waals surface area (Å²) in [6, 6.07) is 6.35. The Morgan fingerprint density at radius 2 is 2.29 bits per heavy atom. The average molecular weight is 206 g/mol. The van der Waals surface area contributed by atoms with Crippen LogP contribution in [0.4, 0.5) is 0 Å². The van der Waals surface area contributed by atoms with Gasteiger partial charge in [0.1, 0.15) is 0 Å². The number of nitrogens with zero attached hydrogens (tertiary/aromatic N) is 1. The molecule has 0 aromatic carbocycles. The van der Waals surface area contributed by atoms with Gasteiger partial charge >= 0.3 is 0 Å². The van der Waals surface area contributed by atoms with Crippen molar-refractivity contribution in [3.8, 4) is 0 Å². The second kappa shape index (κ2) is 4.44. The molecular formula is C11H14N2S. The maximum atomic E-state index is 5.54. The first kappa shape index (κ1) is 9.49. The molecule has 0 saturated heterocycles. The third-order valence-electron chi connectivity index (χ3n) is 2.24. The molecule has 3 heteroatoms. The minimum atomic E-state index is 0.631. The van der Waals surface area contributed by atoms with Gasteiger partial charge in [0.2, 0.25) is 0 Å². The van der Waals surface area contributed by atoms with E-state index in [1.165, 1.54) is 10.4 Å². The Kier molecular flexibility index (Phi) is 3.01. The third-order valence-corrected chi connectivity index (χ3v) is 3.18. The lowest BCUT2D eigenvalue weighted by Gasteiger charge is -2.00. The van der Waals surface area contributed by atoms with Crippen LogP contribution in [0.25, 0.3) is 0 Å². The Balaban J connectivity index is 1.92. The van der Waals surface area contributed by atoms with Gasteiger partial charge in [-0.1, -0.05) is 6.07 Å². The van der Waals surface area contributed by atoms with Crippen LogP contribution < -0.4 is 5.73 Å². The number of hydrogen-bond donors (Lipinski definition) is 1. The van der Waals surface area contributed by atoms with Crippen LogP contribution in [-0.2, 0) is 19.5 Å². The van der Waals surface area contributed by atoms with Crippen LogP contribution in [-0.4, -0.2) is 4.57 Å². The van der Waals surface area contributed by atoms with Gasteiger partial charge in [0, 0.05) is 30.4 Å². The van der Waals surface area contributed by atoms with E-state index in [1.807, 2.05) is 11.3 Å². The third kappa shape index (κ3) is 2.25. The van der Waals surface area contributed by atoms with E-state index in [1.54, 1.807) is 0 Å². The molecule has 0 aliphatic heterocycles. The van der Waals surface area contributed by atoms with Gasteiger partial charge < -0.3 is 10.3 Å². The minimum Gasteiger partial charge on any atom is -0.354 e. The Labute approximate surface area is 88.0 Å². The second-order valence-electron chi connectivity index (χ2n) is 3.29. The maximum Gasteiger partial charge on any atom is 0.0268 e. The highest BCUT2D eigenvalue weighted by molar-refractivity contribution is 7.09. The van der Waals surface area contributed by atoms with Gasteiger partial charge in [-0.3, -0.25) is 0 Å². The maximum absolute atomic E-state index is 5.54. The summed E-state index contributed by atoms with van der Waals surface area (Å²) in [6.45, 7) is 1.67. The van der Waals surface area contributed by atoms with Gasteiger partial charge in [-0.15, -0.1) is 11.3 Å². The quantitative estimate of drug-likeness (QED) is 0.817. The highest BCUT2D eigenvalue weighted by Gasteiger charge is 1.96. The van der Waals surface area contributed by atoms with Gasteiger partial charge in [-0.2, -0.15) is 0 Å². The van der Waals surface area contributed by atoms with Crippen molar-refractivity contribution in [1.82, 2.24) is 4.57 Å². The van der Waals surface area contributed by atoms with E-state index in [-0.39, 0.29) is 0 Å². The van der Waals surface area contributed by atoms with Crippen molar-refractivity contribution in [3.63, 3.8) is 0 Å². The number of aromatic nitrogens is 1. The zero-order valence-electron chi connectivity index (χ0n) is 8.02. The first-order chi connectivity index (χ1) is 6.88. The molecule has 0 aliphatic rings. The fourth-order valence-electron chi connectivity index (χ4n) is 1.44. The van der Waals surface area contributed by atoms with Gasteiger partial charge in [0.05, 0.1) is 0 Å². The van der Waals surface area contributed by atoms with Gasteiger partial charge in [0.25, 0.3) is 0 Å². The van der Waals surface area contributed by atoms with Crippen molar-refractivity contribution >= 4 is 11.3 Å². The van der Waals surface area contributed by atoms with E-state index >= 15 is 0 Å². The first-order valence-electron chi connectivity index (χ1n) is 4.75. The highest BCUT2D eigenvalue weighted by Crippen LogP contribution is 2.10. The molecule has 0 fully saturated rings. The lowest BCUT2D eigenvalue weighted by atomic mass is 10.3. The molecular weight excluding hydrogens is 192 g/mol. The SMILES string of the molecule is NCc1ccn(CCc2cccs2)c1. The number of rotatable bonds is 4. The van der Waals surface area contributed by atoms with Crippen LogP contribution in [0.2, 0.25) is 0 Å². The fraction of sp³-hybridized carbons (Fsp3) is 0.273. The van der Waals surface area contributed by atoms with Gasteiger partial charge in [-0.05, 0) is 29.5 Å². The number of nitrogens with two attached hydrogens (primary N) is 1. The topological polar surface area (TPSA) is 30.9 Å². The Morgan fingerprint density at radius 3 is 2.93 bits per heavy atom. The molecule has 0 saturated carbocycles. The highest BCUT2D eigenvalue weighted by atomic mass is 32.1. The van der Waals surface area contributed by atoms with Crippen LogP contribution in [0.1, 0.15) is 10.4 Å². The summed E-state index contributed by atoms with van der Waals surface area (Å²) in [4.78, 5) is 1.44. The summed E-state index contributed by atoms with van der Waals surface area (Å²) in [5.74, 6) is 0. The molecule has 2 rings (SSSR count). The zero-order valence-corrected chi connectivity index (χ0v) is 8.83. The lowest BCUT2D eigenvalue weighted by Crippen LogP contribution is -1.98. The molecule has 0 radical (unpaired) electrons. The molecule has 14 heavy (non-hydrogen) atoms. The van der Waals surface area contributed by atoms with E-state index in [0.717, 1.165) is 13.0 Å². The summed E-state index contributed by atoms with van der Waals surface area (Å²) in [5.41, 5.74) is 6.75. The van der Waals surface area contributed by atoms with E-state index in [4.69, 9.17) is 5.73 Å². The van der Waals surface area contributed by atoms with Crippen molar-refractivity contribution < 1.29 is 0 Å². The first-order valence-corrected chi connectivity index (χ1v) is 5.63. The minimum absolute atomic E-state index is 0.631. The van der Waals surface area contributed by atoms with Gasteiger partial charge in [0.15, 0.2) is 0 Å². The van der Waals surface area contributed by atoms with Crippen LogP contribution in [0, 0.1) is 0 Å². The number of thiophene rings is 1. The van der Waals surface area contributed by atoms with Crippen LogP contribution in [0.3, 0.4) is 0 Å². The van der Waals surface area contributed by atoms with Crippen LogP contribution in [0.5, 0.6) is 0 Å². The van der Waals surface area contributed by atoms with E-state index in [0.29, 0.717) is 6.54 Å². The molecule has 0 bridgehead atoms. The summed E-state index contributed by atoms with van der Waals surface area (Å²) >= 11 is 1.82. The molecule has 0 atom stereocenters. The molecule has 0 amide bonds. The molecule has 0 spiro atoms. The van der Waals surface area contributed by atoms with E-state index in [2.05, 4.69) is 40.5 Å². The van der Waals surface area contributed by atoms with Gasteiger partial charge in [-0.25, -0.2) is 0 Å². The summed E-state index contributed by atoms with van der Waals surface area (Å²) in [5, 5.41) is 2.12. The molecule has 2 nitrogen and oxygen atoms in total. The average Bonchev–Trinajstić information content (AvgIpc) is 2.86. The smallest absolute Gasteiger partial charge is 0.0268 e. The molecule has 2 N–H and O–H groups in total. The molecule has 2 heterocycles. The normalized spacial score (nSPS) is 10.6. The fourth-order valence-corrected chi connectivity index (χ4v) is 2.14. The second-order valence-corrected chi connectivity index (χ2v) is 4.32. The Morgan fingerprint density at radius 1 is 1.36 bits per heavy atom. The standard InChI is InChI=1S/C11H14N2S/c12-8-10-3-5-13(9-10)6-4-11-2-1-7-14-11/h1-3,5,7,9H,4,6,8,12H2. The monoisotopic (exact) mass is 206 g/mol. The summed E-state index contributed by atoms with van der Waals surface area (Å²) in [7, 11) is 0. The van der Waals surface area contributed by atoms with Crippen molar-refractivity contribution in [3.05, 3.63) is 46.4 Å². The largest absolute Gasteiger partial charge is 0.354 e. The Bertz CT molecular complexity index is 376. The molecule has 0 unspecified atom stereocenters. The molecule has 2 aromatic heterocycles. The molecule has 0 aliphatic carbocycles. The number of hydrogen-bond acceptors (Lipinski definition) is 2. The number of aryl methyl sites for hydroxylation is 2. The van der Waals surface area contributed by atoms with E-state index < -0.39 is 0 Å². The lowest BCUT2D eigenvalue weighted by molar-refractivity contribution is 0.705. The van der Waals surface area contributed by atoms with Crippen molar-refractivity contribution in [1.29, 1.82) is 0 Å². The van der Waals surface area contributed by atoms with Crippen molar-refractivity contribution in [2.75, 3.05) is 0 Å². The van der Waals surface area contributed by atoms with Crippen LogP contribution >= 0.6 is 11.3 Å². The summed E-state index contributed by atoms with van der Waals surface area (Å²) in [6.07, 6.45) is 5.32. The zero-order chi connectivity index (χ0) is 9.80. The van der Waals surface area contributed by atoms with Crippen molar-refractivity contribution in [2.24, 2.45) is 5.73 Å².